The number of carbonyl (C=O) groups is 3. The number of benzene rings is 1. The number of halogens is 1. The van der Waals surface area contributed by atoms with E-state index in [9.17, 15) is 14.4 Å². The lowest BCUT2D eigenvalue weighted by molar-refractivity contribution is -0.147. The Labute approximate surface area is 201 Å². The molecule has 3 amide bonds. The van der Waals surface area contributed by atoms with Gasteiger partial charge in [-0.25, -0.2) is 0 Å². The van der Waals surface area contributed by atoms with Gasteiger partial charge in [0.05, 0.1) is 17.1 Å². The lowest BCUT2D eigenvalue weighted by Crippen LogP contribution is -2.54. The Hall–Kier alpha value is -2.91. The van der Waals surface area contributed by atoms with Crippen molar-refractivity contribution < 1.29 is 14.4 Å². The summed E-state index contributed by atoms with van der Waals surface area (Å²) in [6.45, 7) is 7.61. The van der Waals surface area contributed by atoms with Gasteiger partial charge < -0.3 is 15.1 Å². The fourth-order valence-electron chi connectivity index (χ4n) is 3.82. The van der Waals surface area contributed by atoms with Crippen molar-refractivity contribution in [1.29, 1.82) is 0 Å². The van der Waals surface area contributed by atoms with Crippen molar-refractivity contribution in [2.24, 2.45) is 0 Å². The second-order valence-corrected chi connectivity index (χ2v) is 9.88. The second kappa shape index (κ2) is 9.52. The third-order valence-electron chi connectivity index (χ3n) is 5.53. The van der Waals surface area contributed by atoms with E-state index in [2.05, 4.69) is 10.4 Å². The number of nitrogens with one attached hydrogen (secondary N) is 1. The van der Waals surface area contributed by atoms with E-state index in [0.29, 0.717) is 42.6 Å². The minimum absolute atomic E-state index is 0.0626. The molecule has 0 radical (unpaired) electrons. The van der Waals surface area contributed by atoms with Gasteiger partial charge in [-0.2, -0.15) is 5.10 Å². The van der Waals surface area contributed by atoms with Crippen molar-refractivity contribution in [3.8, 4) is 0 Å². The summed E-state index contributed by atoms with van der Waals surface area (Å²) >= 11 is 7.41. The van der Waals surface area contributed by atoms with Crippen LogP contribution in [-0.4, -0.2) is 69.5 Å². The van der Waals surface area contributed by atoms with Crippen molar-refractivity contribution >= 4 is 50.9 Å². The normalized spacial score (nSPS) is 14.2. The largest absolute Gasteiger partial charge is 0.346 e. The molecule has 2 aromatic heterocycles. The molecule has 8 nitrogen and oxygen atoms in total. The average molecular weight is 488 g/mol. The van der Waals surface area contributed by atoms with Gasteiger partial charge in [0, 0.05) is 42.6 Å². The molecular formula is C23H26ClN5O3S. The van der Waals surface area contributed by atoms with Gasteiger partial charge in [-0.15, -0.1) is 11.3 Å². The van der Waals surface area contributed by atoms with Crippen LogP contribution in [0.3, 0.4) is 0 Å². The van der Waals surface area contributed by atoms with E-state index < -0.39 is 11.8 Å². The number of carbonyl (C=O) groups excluding carboxylic acids is 3. The van der Waals surface area contributed by atoms with Crippen LogP contribution in [0.25, 0.3) is 10.2 Å². The smallest absolute Gasteiger partial charge is 0.312 e. The van der Waals surface area contributed by atoms with Crippen LogP contribution < -0.4 is 5.32 Å². The molecule has 1 aromatic carbocycles. The SMILES string of the molecule is Cc1nn(Cc2ccc(Cl)cc2)c2sc(C(=O)N3CCN(C(=O)C(=O)NC(C)C)CC3)cc12. The maximum absolute atomic E-state index is 13.2. The molecule has 10 heteroatoms. The molecule has 0 saturated carbocycles. The lowest BCUT2D eigenvalue weighted by Gasteiger charge is -2.34. The van der Waals surface area contributed by atoms with Crippen LogP contribution >= 0.6 is 22.9 Å². The van der Waals surface area contributed by atoms with Crippen LogP contribution in [0, 0.1) is 6.92 Å². The third-order valence-corrected chi connectivity index (χ3v) is 6.92. The minimum atomic E-state index is -0.602. The van der Waals surface area contributed by atoms with Crippen LogP contribution in [0.15, 0.2) is 30.3 Å². The summed E-state index contributed by atoms with van der Waals surface area (Å²) in [4.78, 5) is 42.3. The highest BCUT2D eigenvalue weighted by atomic mass is 35.5. The first-order valence-corrected chi connectivity index (χ1v) is 12.0. The Morgan fingerprint density at radius 1 is 1.09 bits per heavy atom. The molecule has 1 fully saturated rings. The first-order chi connectivity index (χ1) is 15.7. The van der Waals surface area contributed by atoms with Gasteiger partial charge in [0.2, 0.25) is 0 Å². The highest BCUT2D eigenvalue weighted by Crippen LogP contribution is 2.30. The topological polar surface area (TPSA) is 87.5 Å². The van der Waals surface area contributed by atoms with Crippen molar-refractivity contribution in [2.45, 2.75) is 33.4 Å². The van der Waals surface area contributed by atoms with E-state index >= 15 is 0 Å². The molecule has 3 aromatic rings. The Morgan fingerprint density at radius 3 is 2.36 bits per heavy atom. The van der Waals surface area contributed by atoms with Crippen molar-refractivity contribution in [2.75, 3.05) is 26.2 Å². The predicted molar refractivity (Wildman–Crippen MR) is 129 cm³/mol. The highest BCUT2D eigenvalue weighted by molar-refractivity contribution is 7.20. The molecule has 0 spiro atoms. The third kappa shape index (κ3) is 5.04. The van der Waals surface area contributed by atoms with Gasteiger partial charge in [0.25, 0.3) is 5.91 Å². The molecular weight excluding hydrogens is 462 g/mol. The molecule has 0 unspecified atom stereocenters. The molecule has 0 atom stereocenters. The number of piperazine rings is 1. The zero-order valence-corrected chi connectivity index (χ0v) is 20.4. The molecule has 1 aliphatic rings. The molecule has 4 rings (SSSR count). The Kier molecular flexibility index (Phi) is 6.71. The standard InChI is InChI=1S/C23H26ClN5O3S/c1-14(2)25-20(30)22(32)28-10-8-27(9-11-28)21(31)19-12-18-15(3)26-29(23(18)33-19)13-16-4-6-17(24)7-5-16/h4-7,12,14H,8-11,13H2,1-3H3,(H,25,30). The number of fused-ring (bicyclic) bond motifs is 1. The summed E-state index contributed by atoms with van der Waals surface area (Å²) in [5.74, 6) is -1.21. The van der Waals surface area contributed by atoms with Crippen LogP contribution in [0.5, 0.6) is 0 Å². The van der Waals surface area contributed by atoms with Crippen LogP contribution in [0.2, 0.25) is 5.02 Å². The van der Waals surface area contributed by atoms with Crippen LogP contribution in [-0.2, 0) is 16.1 Å². The number of rotatable bonds is 4. The fourth-order valence-corrected chi connectivity index (χ4v) is 5.08. The summed E-state index contributed by atoms with van der Waals surface area (Å²) in [5.41, 5.74) is 1.95. The van der Waals surface area contributed by atoms with E-state index in [0.717, 1.165) is 21.5 Å². The summed E-state index contributed by atoms with van der Waals surface area (Å²) in [5, 5.41) is 8.91. The van der Waals surface area contributed by atoms with Crippen LogP contribution in [0.4, 0.5) is 0 Å². The maximum atomic E-state index is 13.2. The Morgan fingerprint density at radius 2 is 1.73 bits per heavy atom. The van der Waals surface area contributed by atoms with Crippen molar-refractivity contribution in [3.05, 3.63) is 51.5 Å². The minimum Gasteiger partial charge on any atom is -0.346 e. The van der Waals surface area contributed by atoms with Gasteiger partial charge in [-0.3, -0.25) is 19.1 Å². The van der Waals surface area contributed by atoms with E-state index in [1.54, 1.807) is 4.90 Å². The van der Waals surface area contributed by atoms with E-state index in [4.69, 9.17) is 11.6 Å². The molecule has 0 aliphatic carbocycles. The quantitative estimate of drug-likeness (QED) is 0.573. The monoisotopic (exact) mass is 487 g/mol. The lowest BCUT2D eigenvalue weighted by atomic mass is 10.2. The molecule has 3 heterocycles. The van der Waals surface area contributed by atoms with Gasteiger partial charge in [-0.05, 0) is 44.5 Å². The number of hydrogen-bond donors (Lipinski definition) is 1. The molecule has 0 bridgehead atoms. The highest BCUT2D eigenvalue weighted by Gasteiger charge is 2.29. The van der Waals surface area contributed by atoms with Gasteiger partial charge in [-0.1, -0.05) is 23.7 Å². The summed E-state index contributed by atoms with van der Waals surface area (Å²) in [6.07, 6.45) is 0. The second-order valence-electron chi connectivity index (χ2n) is 8.41. The molecule has 33 heavy (non-hydrogen) atoms. The van der Waals surface area contributed by atoms with Crippen molar-refractivity contribution in [1.82, 2.24) is 24.9 Å². The number of nitrogens with zero attached hydrogens (tertiary/aromatic N) is 4. The predicted octanol–water partition coefficient (Wildman–Crippen LogP) is 2.92. The zero-order valence-electron chi connectivity index (χ0n) is 18.8. The Balaban J connectivity index is 1.44. The number of amides is 3. The number of hydrogen-bond acceptors (Lipinski definition) is 5. The van der Waals surface area contributed by atoms with Crippen LogP contribution in [0.1, 0.15) is 34.8 Å². The summed E-state index contributed by atoms with van der Waals surface area (Å²) in [7, 11) is 0. The van der Waals surface area contributed by atoms with E-state index in [1.165, 1.54) is 16.2 Å². The maximum Gasteiger partial charge on any atom is 0.312 e. The number of thiophene rings is 1. The summed E-state index contributed by atoms with van der Waals surface area (Å²) in [6, 6.07) is 9.43. The first-order valence-electron chi connectivity index (χ1n) is 10.8. The molecule has 174 valence electrons. The zero-order chi connectivity index (χ0) is 23.7. The van der Waals surface area contributed by atoms with E-state index in [1.807, 2.05) is 55.8 Å². The van der Waals surface area contributed by atoms with Crippen molar-refractivity contribution in [3.63, 3.8) is 0 Å². The van der Waals surface area contributed by atoms with Gasteiger partial charge in [0.1, 0.15) is 4.83 Å². The van der Waals surface area contributed by atoms with E-state index in [-0.39, 0.29) is 11.9 Å². The van der Waals surface area contributed by atoms with Gasteiger partial charge in [0.15, 0.2) is 0 Å². The summed E-state index contributed by atoms with van der Waals surface area (Å²) < 4.78 is 1.92. The first kappa shape index (κ1) is 23.3. The molecule has 1 N–H and O–H groups in total. The van der Waals surface area contributed by atoms with Gasteiger partial charge >= 0.3 is 11.8 Å². The molecule has 1 saturated heterocycles. The molecule has 1 aliphatic heterocycles. The number of aromatic nitrogens is 2. The number of aryl methyl sites for hydroxylation is 1. The Bertz CT molecular complexity index is 1190. The fraction of sp³-hybridized carbons (Fsp3) is 0.391. The average Bonchev–Trinajstić information content (AvgIpc) is 3.35.